The van der Waals surface area contributed by atoms with Crippen molar-refractivity contribution in [2.75, 3.05) is 0 Å². The lowest BCUT2D eigenvalue weighted by Gasteiger charge is -2.33. The molecule has 1 N–H and O–H groups in total. The van der Waals surface area contributed by atoms with Gasteiger partial charge in [0.1, 0.15) is 5.82 Å². The van der Waals surface area contributed by atoms with Crippen molar-refractivity contribution in [2.45, 2.75) is 46.7 Å². The minimum absolute atomic E-state index is 0.139. The number of aryl methyl sites for hydroxylation is 1. The summed E-state index contributed by atoms with van der Waals surface area (Å²) in [5.41, 5.74) is -0.268. The van der Waals surface area contributed by atoms with Crippen LogP contribution in [0.3, 0.4) is 0 Å². The molecular weight excluding hydrogens is 334 g/mol. The molecule has 25 heavy (non-hydrogen) atoms. The molecule has 1 unspecified atom stereocenters. The summed E-state index contributed by atoms with van der Waals surface area (Å²) in [4.78, 5) is 12.4. The van der Waals surface area contributed by atoms with Gasteiger partial charge >= 0.3 is 6.18 Å². The van der Waals surface area contributed by atoms with E-state index in [0.29, 0.717) is 24.3 Å². The van der Waals surface area contributed by atoms with Crippen molar-refractivity contribution in [1.82, 2.24) is 5.32 Å². The van der Waals surface area contributed by atoms with Crippen LogP contribution >= 0.6 is 0 Å². The average molecular weight is 355 g/mol. The summed E-state index contributed by atoms with van der Waals surface area (Å²) in [6.45, 7) is 7.28. The topological polar surface area (TPSA) is 29.1 Å². The summed E-state index contributed by atoms with van der Waals surface area (Å²) in [6.07, 6.45) is 0.328. The van der Waals surface area contributed by atoms with Crippen molar-refractivity contribution in [3.8, 4) is 0 Å². The molecule has 1 aromatic rings. The number of carbonyl (C=O) groups is 1. The van der Waals surface area contributed by atoms with Crippen molar-refractivity contribution in [2.24, 2.45) is 5.41 Å². The monoisotopic (exact) mass is 355 g/mol. The third-order valence-electron chi connectivity index (χ3n) is 4.95. The van der Waals surface area contributed by atoms with E-state index < -0.39 is 29.0 Å². The first kappa shape index (κ1) is 19.2. The second-order valence-corrected chi connectivity index (χ2v) is 6.74. The summed E-state index contributed by atoms with van der Waals surface area (Å²) in [6, 6.07) is 1.26. The van der Waals surface area contributed by atoms with E-state index >= 15 is 0 Å². The fraction of sp³-hybridized carbons (Fsp3) is 0.421. The Morgan fingerprint density at radius 3 is 2.44 bits per heavy atom. The van der Waals surface area contributed by atoms with Crippen LogP contribution in [-0.2, 0) is 6.18 Å². The van der Waals surface area contributed by atoms with E-state index in [-0.39, 0.29) is 11.0 Å². The molecular formula is C19H21F4NO. The number of allylic oxidation sites excluding steroid dienone is 4. The molecule has 0 aromatic heterocycles. The molecule has 0 saturated carbocycles. The first-order valence-electron chi connectivity index (χ1n) is 8.04. The second kappa shape index (κ2) is 6.65. The number of alkyl halides is 3. The Kier molecular flexibility index (Phi) is 5.11. The third kappa shape index (κ3) is 3.94. The fourth-order valence-corrected chi connectivity index (χ4v) is 2.85. The van der Waals surface area contributed by atoms with E-state index in [4.69, 9.17) is 0 Å². The number of nitrogens with one attached hydrogen (secondary N) is 1. The Labute approximate surface area is 144 Å². The van der Waals surface area contributed by atoms with Crippen LogP contribution in [0, 0.1) is 18.2 Å². The van der Waals surface area contributed by atoms with Crippen LogP contribution in [0.25, 0.3) is 0 Å². The standard InChI is InChI=1S/C19H21F4NO/c1-5-18(4)10-14(7-6-12(18)3)24-17(25)15-9-13(19(21,22)23)8-11(2)16(15)20/h6-9H,5,10H2,1-4H3,(H,24,25). The fourth-order valence-electron chi connectivity index (χ4n) is 2.85. The van der Waals surface area contributed by atoms with E-state index in [1.807, 2.05) is 26.8 Å². The average Bonchev–Trinajstić information content (AvgIpc) is 2.52. The zero-order valence-electron chi connectivity index (χ0n) is 14.6. The van der Waals surface area contributed by atoms with Crippen LogP contribution < -0.4 is 5.32 Å². The highest BCUT2D eigenvalue weighted by Gasteiger charge is 2.33. The zero-order valence-corrected chi connectivity index (χ0v) is 14.6. The van der Waals surface area contributed by atoms with Crippen LogP contribution in [0.15, 0.2) is 35.6 Å². The molecule has 0 fully saturated rings. The maximum Gasteiger partial charge on any atom is 0.416 e. The van der Waals surface area contributed by atoms with Crippen molar-refractivity contribution >= 4 is 5.91 Å². The van der Waals surface area contributed by atoms with E-state index in [2.05, 4.69) is 5.32 Å². The quantitative estimate of drug-likeness (QED) is 0.710. The van der Waals surface area contributed by atoms with Crippen LogP contribution in [-0.4, -0.2) is 5.91 Å². The lowest BCUT2D eigenvalue weighted by molar-refractivity contribution is -0.137. The Bertz CT molecular complexity index is 761. The molecule has 1 aliphatic rings. The van der Waals surface area contributed by atoms with Crippen molar-refractivity contribution < 1.29 is 22.4 Å². The van der Waals surface area contributed by atoms with Crippen molar-refractivity contribution in [3.05, 3.63) is 58.1 Å². The van der Waals surface area contributed by atoms with Gasteiger partial charge in [0.05, 0.1) is 11.1 Å². The van der Waals surface area contributed by atoms with Gasteiger partial charge in [-0.15, -0.1) is 0 Å². The molecule has 0 radical (unpaired) electrons. The van der Waals surface area contributed by atoms with Crippen molar-refractivity contribution in [1.29, 1.82) is 0 Å². The van der Waals surface area contributed by atoms with Gasteiger partial charge in [0, 0.05) is 5.70 Å². The summed E-state index contributed by atoms with van der Waals surface area (Å²) in [7, 11) is 0. The Hall–Kier alpha value is -2.11. The summed E-state index contributed by atoms with van der Waals surface area (Å²) < 4.78 is 53.0. The molecule has 1 aliphatic carbocycles. The first-order chi connectivity index (χ1) is 11.5. The lowest BCUT2D eigenvalue weighted by Crippen LogP contribution is -2.30. The highest BCUT2D eigenvalue weighted by Crippen LogP contribution is 2.39. The van der Waals surface area contributed by atoms with Gasteiger partial charge in [0.15, 0.2) is 0 Å². The Morgan fingerprint density at radius 2 is 1.88 bits per heavy atom. The smallest absolute Gasteiger partial charge is 0.326 e. The maximum absolute atomic E-state index is 14.2. The first-order valence-corrected chi connectivity index (χ1v) is 8.04. The summed E-state index contributed by atoms with van der Waals surface area (Å²) in [5, 5.41) is 2.56. The van der Waals surface area contributed by atoms with Gasteiger partial charge in [-0.05, 0) is 55.9 Å². The number of carbonyl (C=O) groups excluding carboxylic acids is 1. The van der Waals surface area contributed by atoms with Gasteiger partial charge in [0.25, 0.3) is 5.91 Å². The molecule has 6 heteroatoms. The minimum atomic E-state index is -4.64. The molecule has 0 saturated heterocycles. The largest absolute Gasteiger partial charge is 0.416 e. The molecule has 2 nitrogen and oxygen atoms in total. The number of hydrogen-bond donors (Lipinski definition) is 1. The van der Waals surface area contributed by atoms with E-state index in [9.17, 15) is 22.4 Å². The van der Waals surface area contributed by atoms with Crippen LogP contribution in [0.4, 0.5) is 17.6 Å². The zero-order chi connectivity index (χ0) is 19.0. The number of amides is 1. The summed E-state index contributed by atoms with van der Waals surface area (Å²) >= 11 is 0. The Morgan fingerprint density at radius 1 is 1.24 bits per heavy atom. The Balaban J connectivity index is 2.32. The molecule has 1 atom stereocenters. The second-order valence-electron chi connectivity index (χ2n) is 6.74. The highest BCUT2D eigenvalue weighted by molar-refractivity contribution is 5.96. The molecule has 0 heterocycles. The van der Waals surface area contributed by atoms with Gasteiger partial charge in [-0.3, -0.25) is 4.79 Å². The molecule has 2 rings (SSSR count). The molecule has 1 aromatic carbocycles. The molecule has 0 aliphatic heterocycles. The van der Waals surface area contributed by atoms with Crippen molar-refractivity contribution in [3.63, 3.8) is 0 Å². The van der Waals surface area contributed by atoms with Gasteiger partial charge in [-0.2, -0.15) is 13.2 Å². The van der Waals surface area contributed by atoms with Gasteiger partial charge in [-0.25, -0.2) is 4.39 Å². The maximum atomic E-state index is 14.2. The summed E-state index contributed by atoms with van der Waals surface area (Å²) in [5.74, 6) is -1.81. The predicted molar refractivity (Wildman–Crippen MR) is 88.5 cm³/mol. The van der Waals surface area contributed by atoms with Gasteiger partial charge in [0.2, 0.25) is 0 Å². The SMILES string of the molecule is CCC1(C)CC(NC(=O)c2cc(C(F)(F)F)cc(C)c2F)=CC=C1C. The molecule has 0 spiro atoms. The number of benzene rings is 1. The highest BCUT2D eigenvalue weighted by atomic mass is 19.4. The van der Waals surface area contributed by atoms with Crippen LogP contribution in [0.5, 0.6) is 0 Å². The van der Waals surface area contributed by atoms with Gasteiger partial charge in [-0.1, -0.05) is 25.5 Å². The molecule has 1 amide bonds. The number of rotatable bonds is 3. The van der Waals surface area contributed by atoms with E-state index in [1.54, 1.807) is 6.08 Å². The third-order valence-corrected chi connectivity index (χ3v) is 4.95. The number of halogens is 4. The van der Waals surface area contributed by atoms with E-state index in [0.717, 1.165) is 12.0 Å². The van der Waals surface area contributed by atoms with Crippen LogP contribution in [0.1, 0.15) is 55.1 Å². The number of hydrogen-bond acceptors (Lipinski definition) is 1. The molecule has 0 bridgehead atoms. The predicted octanol–water partition coefficient (Wildman–Crippen LogP) is 5.53. The van der Waals surface area contributed by atoms with E-state index in [1.165, 1.54) is 6.92 Å². The molecule has 136 valence electrons. The van der Waals surface area contributed by atoms with Crippen LogP contribution in [0.2, 0.25) is 0 Å². The normalized spacial score (nSPS) is 20.8. The van der Waals surface area contributed by atoms with Gasteiger partial charge < -0.3 is 5.32 Å². The minimum Gasteiger partial charge on any atom is -0.326 e. The lowest BCUT2D eigenvalue weighted by atomic mass is 9.74.